The lowest BCUT2D eigenvalue weighted by atomic mass is 10.3. The average Bonchev–Trinajstić information content (AvgIpc) is 2.43. The molecule has 2 amide bonds. The second-order valence-electron chi connectivity index (χ2n) is 3.81. The number of benzene rings is 1. The van der Waals surface area contributed by atoms with Crippen LogP contribution in [0.25, 0.3) is 0 Å². The van der Waals surface area contributed by atoms with Gasteiger partial charge in [-0.1, -0.05) is 18.2 Å². The number of carbonyl (C=O) groups excluding carboxylic acids is 1. The van der Waals surface area contributed by atoms with Crippen molar-refractivity contribution in [1.82, 2.24) is 5.32 Å². The molecule has 1 aromatic carbocycles. The molecule has 0 saturated heterocycles. The van der Waals surface area contributed by atoms with Gasteiger partial charge in [-0.25, -0.2) is 4.79 Å². The zero-order chi connectivity index (χ0) is 13.9. The largest absolute Gasteiger partial charge is 0.491 e. The van der Waals surface area contributed by atoms with Crippen LogP contribution in [0.3, 0.4) is 0 Å². The van der Waals surface area contributed by atoms with Crippen LogP contribution in [-0.2, 0) is 4.74 Å². The topological polar surface area (TPSA) is 59.6 Å². The number of hydrogen-bond acceptors (Lipinski definition) is 3. The van der Waals surface area contributed by atoms with E-state index in [1.165, 1.54) is 0 Å². The molecule has 0 fully saturated rings. The summed E-state index contributed by atoms with van der Waals surface area (Å²) < 4.78 is 10.6. The van der Waals surface area contributed by atoms with Crippen molar-refractivity contribution >= 4 is 11.7 Å². The molecule has 0 aliphatic heterocycles. The van der Waals surface area contributed by atoms with Gasteiger partial charge in [-0.2, -0.15) is 0 Å². The molecule has 0 aliphatic carbocycles. The molecule has 0 saturated carbocycles. The van der Waals surface area contributed by atoms with Gasteiger partial charge in [0, 0.05) is 26.7 Å². The van der Waals surface area contributed by atoms with Gasteiger partial charge in [0.15, 0.2) is 0 Å². The summed E-state index contributed by atoms with van der Waals surface area (Å²) >= 11 is 0. The summed E-state index contributed by atoms with van der Waals surface area (Å²) in [5.41, 5.74) is 0.640. The molecule has 1 rings (SSSR count). The first-order valence-corrected chi connectivity index (χ1v) is 6.14. The molecule has 0 radical (unpaired) electrons. The number of rotatable bonds is 8. The van der Waals surface area contributed by atoms with E-state index in [0.29, 0.717) is 31.2 Å². The van der Waals surface area contributed by atoms with Gasteiger partial charge in [-0.15, -0.1) is 6.58 Å². The lowest BCUT2D eigenvalue weighted by Crippen LogP contribution is -2.28. The highest BCUT2D eigenvalue weighted by Gasteiger charge is 2.06. The van der Waals surface area contributed by atoms with Crippen LogP contribution in [0, 0.1) is 0 Å². The highest BCUT2D eigenvalue weighted by Crippen LogP contribution is 2.23. The number of anilines is 1. The van der Waals surface area contributed by atoms with Gasteiger partial charge in [0.1, 0.15) is 5.75 Å². The van der Waals surface area contributed by atoms with E-state index in [9.17, 15) is 4.79 Å². The van der Waals surface area contributed by atoms with Crippen LogP contribution in [0.5, 0.6) is 5.75 Å². The van der Waals surface area contributed by atoms with Crippen LogP contribution in [0.15, 0.2) is 36.9 Å². The molecule has 0 atom stereocenters. The molecule has 0 heterocycles. The fourth-order valence-corrected chi connectivity index (χ4v) is 1.41. The van der Waals surface area contributed by atoms with Crippen molar-refractivity contribution in [1.29, 1.82) is 0 Å². The molecule has 1 aromatic rings. The van der Waals surface area contributed by atoms with Crippen LogP contribution in [0.1, 0.15) is 6.42 Å². The van der Waals surface area contributed by atoms with Crippen LogP contribution < -0.4 is 15.4 Å². The SMILES string of the molecule is C=CCNC(=O)Nc1ccccc1OCCCOC. The highest BCUT2D eigenvalue weighted by molar-refractivity contribution is 5.90. The van der Waals surface area contributed by atoms with Crippen molar-refractivity contribution in [2.24, 2.45) is 0 Å². The standard InChI is InChI=1S/C14H20N2O3/c1-3-9-15-14(17)16-12-7-4-5-8-13(12)19-11-6-10-18-2/h3-5,7-8H,1,6,9-11H2,2H3,(H2,15,16,17). The van der Waals surface area contributed by atoms with Gasteiger partial charge in [0.05, 0.1) is 12.3 Å². The van der Waals surface area contributed by atoms with Crippen LogP contribution in [0.4, 0.5) is 10.5 Å². The normalized spacial score (nSPS) is 9.74. The van der Waals surface area contributed by atoms with E-state index in [1.807, 2.05) is 18.2 Å². The van der Waals surface area contributed by atoms with E-state index in [1.54, 1.807) is 19.3 Å². The number of hydrogen-bond donors (Lipinski definition) is 2. The van der Waals surface area contributed by atoms with E-state index in [4.69, 9.17) is 9.47 Å². The Labute approximate surface area is 113 Å². The van der Waals surface area contributed by atoms with E-state index in [0.717, 1.165) is 6.42 Å². The first-order chi connectivity index (χ1) is 9.27. The van der Waals surface area contributed by atoms with E-state index in [2.05, 4.69) is 17.2 Å². The zero-order valence-corrected chi connectivity index (χ0v) is 11.1. The molecule has 5 nitrogen and oxygen atoms in total. The first-order valence-electron chi connectivity index (χ1n) is 6.14. The summed E-state index contributed by atoms with van der Waals surface area (Å²) in [6, 6.07) is 7.02. The predicted molar refractivity (Wildman–Crippen MR) is 75.6 cm³/mol. The Kier molecular flexibility index (Phi) is 7.12. The molecule has 19 heavy (non-hydrogen) atoms. The Bertz CT molecular complexity index is 407. The monoisotopic (exact) mass is 264 g/mol. The Hall–Kier alpha value is -2.01. The highest BCUT2D eigenvalue weighted by atomic mass is 16.5. The number of urea groups is 1. The predicted octanol–water partition coefficient (Wildman–Crippen LogP) is 2.41. The van der Waals surface area contributed by atoms with Gasteiger partial charge < -0.3 is 20.1 Å². The second kappa shape index (κ2) is 8.99. The summed E-state index contributed by atoms with van der Waals surface area (Å²) in [5, 5.41) is 5.37. The average molecular weight is 264 g/mol. The van der Waals surface area contributed by atoms with Crippen molar-refractivity contribution in [3.05, 3.63) is 36.9 Å². The van der Waals surface area contributed by atoms with Gasteiger partial charge >= 0.3 is 6.03 Å². The number of methoxy groups -OCH3 is 1. The summed E-state index contributed by atoms with van der Waals surface area (Å²) in [5.74, 6) is 0.646. The molecule has 0 spiro atoms. The van der Waals surface area contributed by atoms with E-state index >= 15 is 0 Å². The molecule has 5 heteroatoms. The maximum absolute atomic E-state index is 11.6. The quantitative estimate of drug-likeness (QED) is 0.560. The maximum Gasteiger partial charge on any atom is 0.319 e. The molecular formula is C14H20N2O3. The lowest BCUT2D eigenvalue weighted by Gasteiger charge is -2.12. The fraction of sp³-hybridized carbons (Fsp3) is 0.357. The Morgan fingerprint density at radius 2 is 2.16 bits per heavy atom. The van der Waals surface area contributed by atoms with Crippen molar-refractivity contribution < 1.29 is 14.3 Å². The maximum atomic E-state index is 11.6. The van der Waals surface area contributed by atoms with E-state index < -0.39 is 0 Å². The molecule has 2 N–H and O–H groups in total. The number of para-hydroxylation sites is 2. The van der Waals surface area contributed by atoms with Crippen LogP contribution >= 0.6 is 0 Å². The molecule has 0 aromatic heterocycles. The molecular weight excluding hydrogens is 244 g/mol. The van der Waals surface area contributed by atoms with Crippen molar-refractivity contribution in [2.75, 3.05) is 32.2 Å². The van der Waals surface area contributed by atoms with Crippen LogP contribution in [-0.4, -0.2) is 32.9 Å². The van der Waals surface area contributed by atoms with Gasteiger partial charge in [-0.3, -0.25) is 0 Å². The molecule has 104 valence electrons. The minimum absolute atomic E-state index is 0.284. The fourth-order valence-electron chi connectivity index (χ4n) is 1.41. The van der Waals surface area contributed by atoms with Gasteiger partial charge in [0.2, 0.25) is 0 Å². The smallest absolute Gasteiger partial charge is 0.319 e. The van der Waals surface area contributed by atoms with Crippen molar-refractivity contribution in [2.45, 2.75) is 6.42 Å². The summed E-state index contributed by atoms with van der Waals surface area (Å²) in [4.78, 5) is 11.6. The molecule has 0 aliphatic rings. The third-order valence-corrected chi connectivity index (χ3v) is 2.29. The van der Waals surface area contributed by atoms with Crippen molar-refractivity contribution in [3.8, 4) is 5.75 Å². The lowest BCUT2D eigenvalue weighted by molar-refractivity contribution is 0.172. The Balaban J connectivity index is 2.52. The molecule has 0 unspecified atom stereocenters. The Morgan fingerprint density at radius 1 is 1.37 bits per heavy atom. The zero-order valence-electron chi connectivity index (χ0n) is 11.1. The van der Waals surface area contributed by atoms with E-state index in [-0.39, 0.29) is 6.03 Å². The third kappa shape index (κ3) is 5.92. The minimum Gasteiger partial charge on any atom is -0.491 e. The number of nitrogens with one attached hydrogen (secondary N) is 2. The number of amides is 2. The second-order valence-corrected chi connectivity index (χ2v) is 3.81. The van der Waals surface area contributed by atoms with Crippen molar-refractivity contribution in [3.63, 3.8) is 0 Å². The molecule has 0 bridgehead atoms. The number of carbonyl (C=O) groups is 1. The Morgan fingerprint density at radius 3 is 2.89 bits per heavy atom. The summed E-state index contributed by atoms with van der Waals surface area (Å²) in [6.07, 6.45) is 2.42. The van der Waals surface area contributed by atoms with Gasteiger partial charge in [-0.05, 0) is 12.1 Å². The summed E-state index contributed by atoms with van der Waals surface area (Å²) in [7, 11) is 1.65. The van der Waals surface area contributed by atoms with Gasteiger partial charge in [0.25, 0.3) is 0 Å². The first kappa shape index (κ1) is 15.0. The van der Waals surface area contributed by atoms with Crippen LogP contribution in [0.2, 0.25) is 0 Å². The third-order valence-electron chi connectivity index (χ3n) is 2.29. The summed E-state index contributed by atoms with van der Waals surface area (Å²) in [6.45, 7) is 5.15. The minimum atomic E-state index is -0.284. The number of ether oxygens (including phenoxy) is 2.